The van der Waals surface area contributed by atoms with E-state index in [9.17, 15) is 42.5 Å². The van der Waals surface area contributed by atoms with Crippen LogP contribution in [0.1, 0.15) is 46.7 Å². The molecule has 2 amide bonds. The lowest BCUT2D eigenvalue weighted by Gasteiger charge is -2.45. The summed E-state index contributed by atoms with van der Waals surface area (Å²) in [5.74, 6) is -4.68. The number of carbonyl (C=O) groups is 3. The van der Waals surface area contributed by atoms with Gasteiger partial charge in [0.1, 0.15) is 23.4 Å². The van der Waals surface area contributed by atoms with E-state index >= 15 is 0 Å². The number of aromatic hydroxyl groups is 1. The van der Waals surface area contributed by atoms with Crippen LogP contribution in [0.5, 0.6) is 5.75 Å². The number of nitrogens with zero attached hydrogens (tertiary/aromatic N) is 3. The van der Waals surface area contributed by atoms with Crippen LogP contribution in [-0.4, -0.2) is 90.1 Å². The molecular weight excluding hydrogens is 613 g/mol. The molecule has 1 unspecified atom stereocenters. The maximum atomic E-state index is 14.1. The molecule has 0 saturated carbocycles. The summed E-state index contributed by atoms with van der Waals surface area (Å²) in [5, 5.41) is 14.4. The van der Waals surface area contributed by atoms with Gasteiger partial charge in [0.25, 0.3) is 11.8 Å². The third-order valence-electron chi connectivity index (χ3n) is 6.41. The van der Waals surface area contributed by atoms with Crippen molar-refractivity contribution in [3.05, 3.63) is 63.1 Å². The van der Waals surface area contributed by atoms with Crippen LogP contribution in [0.15, 0.2) is 29.2 Å². The quantitative estimate of drug-likeness (QED) is 0.163. The first-order valence-corrected chi connectivity index (χ1v) is 15.0. The van der Waals surface area contributed by atoms with Crippen molar-refractivity contribution in [2.45, 2.75) is 39.1 Å². The fourth-order valence-corrected chi connectivity index (χ4v) is 5.04. The lowest BCUT2D eigenvalue weighted by atomic mass is 10.1. The molecule has 1 aliphatic heterocycles. The summed E-state index contributed by atoms with van der Waals surface area (Å²) in [6, 6.07) is 2.71. The van der Waals surface area contributed by atoms with Crippen molar-refractivity contribution >= 4 is 25.6 Å². The summed E-state index contributed by atoms with van der Waals surface area (Å²) in [7, 11) is -1.65. The van der Waals surface area contributed by atoms with Gasteiger partial charge in [-0.05, 0) is 19.9 Å². The minimum absolute atomic E-state index is 0.0831. The molecule has 0 bridgehead atoms. The van der Waals surface area contributed by atoms with Gasteiger partial charge in [-0.2, -0.15) is 0 Å². The number of hydrogen-bond acceptors (Lipinski definition) is 11. The first kappa shape index (κ1) is 34.4. The van der Waals surface area contributed by atoms with Gasteiger partial charge in [-0.1, -0.05) is 6.07 Å². The van der Waals surface area contributed by atoms with E-state index in [0.29, 0.717) is 6.07 Å². The number of rotatable bonds is 13. The summed E-state index contributed by atoms with van der Waals surface area (Å²) < 4.78 is 60.4. The maximum Gasteiger partial charge on any atom is 0.510 e. The number of pyridine rings is 1. The highest BCUT2D eigenvalue weighted by Crippen LogP contribution is 2.42. The Morgan fingerprint density at radius 3 is 2.55 bits per heavy atom. The molecule has 0 fully saturated rings. The molecule has 1 aromatic heterocycles. The highest BCUT2D eigenvalue weighted by molar-refractivity contribution is 7.52. The molecule has 1 aliphatic rings. The van der Waals surface area contributed by atoms with Gasteiger partial charge < -0.3 is 34.4 Å². The summed E-state index contributed by atoms with van der Waals surface area (Å²) in [5.41, 5.74) is -2.45. The predicted octanol–water partition coefficient (Wildman–Crippen LogP) is 1.87. The summed E-state index contributed by atoms with van der Waals surface area (Å²) in [4.78, 5) is 62.3. The van der Waals surface area contributed by atoms with Crippen molar-refractivity contribution in [1.82, 2.24) is 14.9 Å². The molecule has 0 radical (unpaired) electrons. The number of fused-ring (bicyclic) bond motifs is 1. The maximum absolute atomic E-state index is 14.1. The second-order valence-corrected chi connectivity index (χ2v) is 11.8. The van der Waals surface area contributed by atoms with E-state index in [1.54, 1.807) is 13.8 Å². The molecule has 15 nitrogen and oxygen atoms in total. The number of amides is 2. The molecule has 1 aromatic carbocycles. The summed E-state index contributed by atoms with van der Waals surface area (Å²) in [6.45, 7) is 1.59. The van der Waals surface area contributed by atoms with Gasteiger partial charge in [0.15, 0.2) is 11.4 Å². The van der Waals surface area contributed by atoms with Crippen LogP contribution in [0.3, 0.4) is 0 Å². The number of carbonyl (C=O) groups excluding carboxylic acids is 3. The number of aromatic nitrogens is 1. The normalized spacial score (nSPS) is 16.0. The van der Waals surface area contributed by atoms with E-state index < -0.39 is 91.4 Å². The minimum atomic E-state index is -4.44. The van der Waals surface area contributed by atoms with Crippen LogP contribution in [-0.2, 0) is 29.8 Å². The van der Waals surface area contributed by atoms with E-state index in [0.717, 1.165) is 23.0 Å². The van der Waals surface area contributed by atoms with Gasteiger partial charge in [0.2, 0.25) is 12.2 Å². The van der Waals surface area contributed by atoms with Crippen LogP contribution < -0.4 is 15.8 Å². The fourth-order valence-electron chi connectivity index (χ4n) is 4.23. The Balaban J connectivity index is 1.91. The minimum Gasteiger partial charge on any atom is -0.502 e. The Kier molecular flexibility index (Phi) is 11.4. The molecule has 2 aromatic rings. The average molecular weight is 647 g/mol. The molecule has 0 saturated heterocycles. The van der Waals surface area contributed by atoms with E-state index in [-0.39, 0.29) is 25.1 Å². The third-order valence-corrected chi connectivity index (χ3v) is 7.68. The van der Waals surface area contributed by atoms with Gasteiger partial charge in [0.05, 0.1) is 12.3 Å². The van der Waals surface area contributed by atoms with E-state index in [1.807, 2.05) is 0 Å². The molecule has 2 atom stereocenters. The van der Waals surface area contributed by atoms with Gasteiger partial charge in [0, 0.05) is 58.1 Å². The van der Waals surface area contributed by atoms with Crippen LogP contribution in [0.25, 0.3) is 0 Å². The smallest absolute Gasteiger partial charge is 0.502 e. The molecule has 2 heterocycles. The molecule has 0 spiro atoms. The Labute approximate surface area is 250 Å². The van der Waals surface area contributed by atoms with E-state index in [4.69, 9.17) is 14.0 Å². The second-order valence-electron chi connectivity index (χ2n) is 9.84. The lowest BCUT2D eigenvalue weighted by Crippen LogP contribution is -2.61. The van der Waals surface area contributed by atoms with Crippen LogP contribution >= 0.6 is 7.60 Å². The highest BCUT2D eigenvalue weighted by Gasteiger charge is 2.39. The number of nitrogens with one attached hydrogen (secondary N) is 1. The average Bonchev–Trinajstić information content (AvgIpc) is 2.94. The van der Waals surface area contributed by atoms with Crippen molar-refractivity contribution in [2.75, 3.05) is 45.3 Å². The first-order valence-electron chi connectivity index (χ1n) is 13.2. The summed E-state index contributed by atoms with van der Waals surface area (Å²) >= 11 is 0. The van der Waals surface area contributed by atoms with Crippen molar-refractivity contribution in [2.24, 2.45) is 0 Å². The Bertz CT molecular complexity index is 1500. The summed E-state index contributed by atoms with van der Waals surface area (Å²) in [6.07, 6.45) is -1.95. The van der Waals surface area contributed by atoms with Gasteiger partial charge in [-0.15, -0.1) is 0 Å². The Hall–Kier alpha value is -4.05. The van der Waals surface area contributed by atoms with Crippen molar-refractivity contribution in [1.29, 1.82) is 0 Å². The first-order chi connectivity index (χ1) is 20.7. The van der Waals surface area contributed by atoms with E-state index in [1.165, 1.54) is 24.1 Å². The van der Waals surface area contributed by atoms with Crippen molar-refractivity contribution in [3.8, 4) is 5.75 Å². The number of methoxy groups -OCH3 is 1. The van der Waals surface area contributed by atoms with Crippen molar-refractivity contribution < 1.29 is 56.5 Å². The van der Waals surface area contributed by atoms with Crippen LogP contribution in [0.4, 0.5) is 13.6 Å². The Morgan fingerprint density at radius 2 is 1.91 bits per heavy atom. The number of hydrogen-bond donors (Lipinski definition) is 3. The monoisotopic (exact) mass is 646 g/mol. The second kappa shape index (κ2) is 14.6. The molecule has 44 heavy (non-hydrogen) atoms. The van der Waals surface area contributed by atoms with Crippen molar-refractivity contribution in [3.63, 3.8) is 0 Å². The zero-order valence-electron chi connectivity index (χ0n) is 24.3. The van der Waals surface area contributed by atoms with Crippen LogP contribution in [0.2, 0.25) is 0 Å². The number of benzene rings is 1. The van der Waals surface area contributed by atoms with Gasteiger partial charge in [-0.25, -0.2) is 13.6 Å². The van der Waals surface area contributed by atoms with Crippen LogP contribution in [0, 0.1) is 11.6 Å². The molecule has 3 N–H and O–H groups in total. The van der Waals surface area contributed by atoms with Gasteiger partial charge >= 0.3 is 13.8 Å². The molecule has 18 heteroatoms. The topological polar surface area (TPSA) is 186 Å². The zero-order valence-corrected chi connectivity index (χ0v) is 25.2. The number of ether oxygens (including phenoxy) is 3. The SMILES string of the molecule is COCC[C@H]1N(C)C(=O)c2c(O)c(=O)c(C(=O)NCc3ccc(F)cc3F)cn2N1CCP(=O)(O)OCOC(=O)OC(C)C. The molecule has 0 aliphatic carbocycles. The lowest BCUT2D eigenvalue weighted by molar-refractivity contribution is -0.0108. The fraction of sp³-hybridized carbons (Fsp3) is 0.462. The predicted molar refractivity (Wildman–Crippen MR) is 149 cm³/mol. The Morgan fingerprint density at radius 1 is 1.20 bits per heavy atom. The number of halogens is 2. The zero-order chi connectivity index (χ0) is 32.8. The van der Waals surface area contributed by atoms with E-state index in [2.05, 4.69) is 10.1 Å². The molecule has 3 rings (SSSR count). The third kappa shape index (κ3) is 8.31. The molecular formula is C26H33F2N4O11P. The molecule has 242 valence electrons. The standard InChI is InChI=1S/C26H33F2N4O11P/c1-15(2)43-26(37)41-14-42-44(38,39)10-8-31-20(7-9-40-4)30(3)25(36)21-23(34)22(33)18(13-32(21)31)24(35)29-12-16-5-6-17(27)11-19(16)28/h5-6,11,13,15,20,34H,7-10,12,14H2,1-4H3,(H,29,35)(H,38,39)/t20-/m0/s1. The largest absolute Gasteiger partial charge is 0.510 e. The highest BCUT2D eigenvalue weighted by atomic mass is 31.2. The van der Waals surface area contributed by atoms with Gasteiger partial charge in [-0.3, -0.25) is 33.2 Å².